The van der Waals surface area contributed by atoms with Gasteiger partial charge in [-0.15, -0.1) is 23.1 Å². The molecule has 0 spiro atoms. The number of alkyl halides is 3. The van der Waals surface area contributed by atoms with E-state index in [1.54, 1.807) is 116 Å². The van der Waals surface area contributed by atoms with Crippen molar-refractivity contribution in [2.45, 2.75) is 41.7 Å². The van der Waals surface area contributed by atoms with E-state index in [1.807, 2.05) is 95.9 Å². The first-order chi connectivity index (χ1) is 63.6. The number of anilines is 1. The van der Waals surface area contributed by atoms with Crippen LogP contribution < -0.4 is 35.0 Å². The molecule has 1 unspecified atom stereocenters. The number of ketones is 1. The molecule has 1 fully saturated rings. The first kappa shape index (κ1) is 92.9. The number of sulfonamides is 1. The van der Waals surface area contributed by atoms with Crippen LogP contribution in [0.3, 0.4) is 0 Å². The number of Topliss-reactive ketones (excluding diaryl/α,β-unsaturated/α-hetero) is 1. The lowest BCUT2D eigenvalue weighted by Crippen LogP contribution is -2.39. The number of para-hydroxylation sites is 2. The molecule has 19 rings (SSSR count). The normalized spacial score (nSPS) is 13.6. The largest absolute Gasteiger partial charge is 0.506 e. The van der Waals surface area contributed by atoms with E-state index in [0.717, 1.165) is 95.9 Å². The number of non-ortho nitro benzene ring substituents is 1. The summed E-state index contributed by atoms with van der Waals surface area (Å²) in [6.07, 6.45) is -0.455. The smallest absolute Gasteiger partial charge is 0.434 e. The van der Waals surface area contributed by atoms with Gasteiger partial charge in [0.1, 0.15) is 22.1 Å². The molecule has 2 amide bonds. The number of benzene rings is 12. The van der Waals surface area contributed by atoms with Crippen LogP contribution >= 0.6 is 81.1 Å². The van der Waals surface area contributed by atoms with Gasteiger partial charge in [-0.25, -0.2) is 13.1 Å². The van der Waals surface area contributed by atoms with E-state index in [0.29, 0.717) is 91.7 Å². The average molecular weight is 1930 g/mol. The van der Waals surface area contributed by atoms with Crippen molar-refractivity contribution in [2.75, 3.05) is 37.5 Å². The lowest BCUT2D eigenvalue weighted by Gasteiger charge is -2.32. The molecule has 16 aromatic rings. The second-order valence-corrected chi connectivity index (χ2v) is 35.4. The number of piperidine rings is 1. The minimum Gasteiger partial charge on any atom is -0.506 e. The molecule has 3 aliphatic rings. The molecular weight excluding hydrogens is 1860 g/mol. The summed E-state index contributed by atoms with van der Waals surface area (Å²) in [7, 11) is -2.17. The number of pyridine rings is 1. The summed E-state index contributed by atoms with van der Waals surface area (Å²) in [6.45, 7) is 1.88. The number of aromatic nitrogens is 5. The maximum absolute atomic E-state index is 13.8. The fourth-order valence-electron chi connectivity index (χ4n) is 14.7. The predicted molar refractivity (Wildman–Crippen MR) is 509 cm³/mol. The van der Waals surface area contributed by atoms with Crippen molar-refractivity contribution >= 4 is 148 Å². The Morgan fingerprint density at radius 1 is 0.705 bits per heavy atom. The lowest BCUT2D eigenvalue weighted by atomic mass is 9.89. The monoisotopic (exact) mass is 1930 g/mol. The number of methoxy groups -OCH3 is 1. The molecule has 0 radical (unpaired) electrons. The number of likely N-dealkylation sites (tertiary alicyclic amines) is 1. The minimum atomic E-state index is -4.82. The van der Waals surface area contributed by atoms with E-state index in [-0.39, 0.29) is 73.4 Å². The molecular formula is C98H73Cl5F3N9O14S3. The third-order valence-corrected chi connectivity index (χ3v) is 26.3. The SMILES string of the molecule is COc1ccccc1C1CCN(C(=O)CSCc2cccc3ccccc23)CC1.NC(=O)c1sc(-c2ccc(Cl)cc2)cc1NS(=O)(=O)c1ccc(Cl)cc1.O=C1/C(=C\c2ccc3c(c2)OCO3)C(c2ccccc2)Oc2ccccc21.O=[N+]([O-])c1ccc(-n2ncc(-c3nc(-c4ccc(Cl)cc4)no3)c2C(F)(F)F)cc1.O=c1[nH]c2c(Cl)c(Cl)ccc2c(O)c1-c1ccccc1. The number of nitrogens with one attached hydrogen (secondary N) is 2. The summed E-state index contributed by atoms with van der Waals surface area (Å²) in [4.78, 5) is 69.6. The number of thiophene rings is 1. The number of fused-ring (bicyclic) bond motifs is 4. The van der Waals surface area contributed by atoms with Crippen molar-refractivity contribution in [1.29, 1.82) is 0 Å². The number of nitro benzene ring substituents is 1. The predicted octanol–water partition coefficient (Wildman–Crippen LogP) is 24.3. The Bertz CT molecular complexity index is 7150. The van der Waals surface area contributed by atoms with Gasteiger partial charge in [0.25, 0.3) is 33.1 Å². The van der Waals surface area contributed by atoms with Gasteiger partial charge in [0, 0.05) is 67.4 Å². The first-order valence-electron chi connectivity index (χ1n) is 40.3. The van der Waals surface area contributed by atoms with E-state index in [2.05, 4.69) is 79.5 Å². The third kappa shape index (κ3) is 21.8. The highest BCUT2D eigenvalue weighted by atomic mass is 35.5. The van der Waals surface area contributed by atoms with Gasteiger partial charge in [-0.3, -0.25) is 34.0 Å². The van der Waals surface area contributed by atoms with Crippen LogP contribution in [0.25, 0.3) is 77.8 Å². The summed E-state index contributed by atoms with van der Waals surface area (Å²) in [5.74, 6) is 3.97. The van der Waals surface area contributed by atoms with Gasteiger partial charge in [-0.05, 0) is 190 Å². The number of carbonyl (C=O) groups is 3. The second-order valence-electron chi connectivity index (χ2n) is 29.6. The molecule has 132 heavy (non-hydrogen) atoms. The maximum atomic E-state index is 13.8. The number of H-pyrrole nitrogens is 1. The van der Waals surface area contributed by atoms with Crippen molar-refractivity contribution in [3.63, 3.8) is 0 Å². The highest BCUT2D eigenvalue weighted by Crippen LogP contribution is 2.45. The number of ether oxygens (including phenoxy) is 4. The zero-order valence-electron chi connectivity index (χ0n) is 69.2. The van der Waals surface area contributed by atoms with Gasteiger partial charge < -0.3 is 44.2 Å². The number of hydrogen-bond donors (Lipinski definition) is 4. The number of aromatic amines is 1. The molecule has 4 aromatic heterocycles. The molecule has 23 nitrogen and oxygen atoms in total. The summed E-state index contributed by atoms with van der Waals surface area (Å²) in [5, 5.41) is 33.7. The zero-order chi connectivity index (χ0) is 92.9. The Kier molecular flexibility index (Phi) is 29.3. The summed E-state index contributed by atoms with van der Waals surface area (Å²) < 4.78 is 97.2. The van der Waals surface area contributed by atoms with Crippen LogP contribution in [0.15, 0.2) is 311 Å². The number of halogens is 8. The Morgan fingerprint density at radius 3 is 2.03 bits per heavy atom. The van der Waals surface area contributed by atoms with Crippen LogP contribution in [-0.4, -0.2) is 98.6 Å². The topological polar surface area (TPSA) is 317 Å². The Morgan fingerprint density at radius 2 is 1.34 bits per heavy atom. The highest BCUT2D eigenvalue weighted by molar-refractivity contribution is 7.99. The Balaban J connectivity index is 0.000000127. The Labute approximate surface area is 785 Å². The quantitative estimate of drug-likeness (QED) is 0.0352. The number of nitrogens with two attached hydrogens (primary N) is 1. The van der Waals surface area contributed by atoms with Crippen LogP contribution in [-0.2, 0) is 26.7 Å². The zero-order valence-corrected chi connectivity index (χ0v) is 75.4. The van der Waals surface area contributed by atoms with Crippen LogP contribution in [0.1, 0.15) is 72.8 Å². The number of aromatic hydroxyl groups is 1. The van der Waals surface area contributed by atoms with Crippen LogP contribution in [0.5, 0.6) is 28.7 Å². The highest BCUT2D eigenvalue weighted by Gasteiger charge is 2.41. The number of carbonyl (C=O) groups excluding carboxylic acids is 3. The van der Waals surface area contributed by atoms with Gasteiger partial charge in [0.15, 0.2) is 29.1 Å². The Hall–Kier alpha value is -13.8. The number of primary amides is 1. The van der Waals surface area contributed by atoms with Crippen molar-refractivity contribution in [3.8, 4) is 78.8 Å². The minimum absolute atomic E-state index is 0.0170. The number of thioether (sulfide) groups is 1. The molecule has 5 N–H and O–H groups in total. The standard InChI is InChI=1S/C25H27NO2S.C23H16O4.C18H9ClF3N5O3.C17H12Cl2N2O3S2.C15H9Cl2NO2/c1-28-24-12-5-4-11-23(24)20-13-15-26(16-14-20)25(27)18-29-17-21-9-6-8-19-7-2-3-10-22(19)21;24-22-17-8-4-5-9-19(17)27-23(16-6-2-1-3-7-16)18(22)12-15-10-11-20-21(13-15)26-14-25-20;19-11-3-1-10(2-4-11)16-24-17(30-25-16)14-9-23-26(15(14)18(20,21)22)12-5-7-13(8-6-12)27(28)29;18-11-3-1-10(2-4-11)15-9-14(16(25-15)17(20)22)21-26(23,24)13-7-5-12(19)6-8-13;16-10-7-6-9-13(12(10)17)18-15(20)11(14(9)19)8-4-2-1-3-5-8/h2-12,20H,13-18H2,1H3;1-13,23H,14H2;1-9H;1-9,21H,(H2,20,22);1-7H,(H2,18,19,20)/b;18-12+;;;. The third-order valence-electron chi connectivity index (χ3n) is 21.2. The summed E-state index contributed by atoms with van der Waals surface area (Å²) in [5.41, 5.74) is 11.3. The van der Waals surface area contributed by atoms with E-state index < -0.39 is 50.0 Å². The maximum Gasteiger partial charge on any atom is 0.434 e. The molecule has 1 saturated heterocycles. The second kappa shape index (κ2) is 41.6. The fraction of sp³-hybridized carbons (Fsp3) is 0.112. The first-order valence-corrected chi connectivity index (χ1v) is 45.7. The molecule has 1 atom stereocenters. The summed E-state index contributed by atoms with van der Waals surface area (Å²) >= 11 is 32.3. The van der Waals surface area contributed by atoms with Crippen molar-refractivity contribution < 1.29 is 69.5 Å². The molecule has 12 aromatic carbocycles. The molecule has 34 heteroatoms. The number of amides is 2. The van der Waals surface area contributed by atoms with Gasteiger partial charge in [0.05, 0.1) is 72.5 Å². The van der Waals surface area contributed by atoms with E-state index in [9.17, 15) is 56.0 Å². The van der Waals surface area contributed by atoms with Gasteiger partial charge in [-0.1, -0.05) is 215 Å². The van der Waals surface area contributed by atoms with Gasteiger partial charge in [0.2, 0.25) is 18.5 Å². The molecule has 7 heterocycles. The van der Waals surface area contributed by atoms with Crippen LogP contribution in [0.4, 0.5) is 24.5 Å². The fourth-order valence-corrected chi connectivity index (χ4v) is 18.5. The van der Waals surface area contributed by atoms with Crippen molar-refractivity contribution in [2.24, 2.45) is 5.73 Å². The van der Waals surface area contributed by atoms with Crippen LogP contribution in [0, 0.1) is 10.1 Å². The molecule has 3 aliphatic heterocycles. The summed E-state index contributed by atoms with van der Waals surface area (Å²) in [6, 6.07) is 83.1. The molecule has 668 valence electrons. The van der Waals surface area contributed by atoms with Gasteiger partial charge in [-0.2, -0.15) is 23.3 Å². The number of nitrogens with zero attached hydrogens (tertiary/aromatic N) is 6. The van der Waals surface area contributed by atoms with E-state index in [1.165, 1.54) is 46.2 Å². The lowest BCUT2D eigenvalue weighted by molar-refractivity contribution is -0.384. The molecule has 0 saturated carbocycles. The number of nitro groups is 1. The number of rotatable bonds is 18. The van der Waals surface area contributed by atoms with E-state index in [4.69, 9.17) is 87.2 Å². The molecule has 0 aliphatic carbocycles. The van der Waals surface area contributed by atoms with Crippen molar-refractivity contribution in [3.05, 3.63) is 381 Å². The number of hydrogen-bond acceptors (Lipinski definition) is 19. The van der Waals surface area contributed by atoms with Crippen LogP contribution in [0.2, 0.25) is 25.1 Å². The molecule has 0 bridgehead atoms. The van der Waals surface area contributed by atoms with Crippen molar-refractivity contribution in [1.82, 2.24) is 29.8 Å². The van der Waals surface area contributed by atoms with E-state index >= 15 is 0 Å². The average Bonchev–Trinajstić information content (AvgIpc) is 1.50. The van der Waals surface area contributed by atoms with Gasteiger partial charge >= 0.3 is 6.18 Å².